The molecule has 0 bridgehead atoms. The highest BCUT2D eigenvalue weighted by atomic mass is 35.5. The number of nitrogens with one attached hydrogen (secondary N) is 1. The summed E-state index contributed by atoms with van der Waals surface area (Å²) < 4.78 is 52.8. The van der Waals surface area contributed by atoms with Crippen molar-refractivity contribution < 1.29 is 56.3 Å². The quantitative estimate of drug-likeness (QED) is 0.156. The van der Waals surface area contributed by atoms with Gasteiger partial charge >= 0.3 is 23.5 Å². The molecule has 2 heterocycles. The van der Waals surface area contributed by atoms with E-state index in [1.807, 2.05) is 0 Å². The fourth-order valence-electron chi connectivity index (χ4n) is 2.43. The Hall–Kier alpha value is 0.140. The van der Waals surface area contributed by atoms with Gasteiger partial charge in [-0.25, -0.2) is 13.7 Å². The van der Waals surface area contributed by atoms with Gasteiger partial charge < -0.3 is 34.4 Å². The van der Waals surface area contributed by atoms with Crippen molar-refractivity contribution in [1.29, 1.82) is 0 Å². The smallest absolute Gasteiger partial charge is 0.388 e. The van der Waals surface area contributed by atoms with Crippen molar-refractivity contribution in [2.24, 2.45) is 0 Å². The molecule has 1 saturated heterocycles. The molecule has 2 rings (SSSR count). The Labute approximate surface area is 183 Å². The van der Waals surface area contributed by atoms with Gasteiger partial charge in [0.1, 0.15) is 21.7 Å². The summed E-state index contributed by atoms with van der Waals surface area (Å²) in [6.07, 6.45) is -2.46. The van der Waals surface area contributed by atoms with E-state index in [0.29, 0.717) is 4.64 Å². The van der Waals surface area contributed by atoms with E-state index in [2.05, 4.69) is 18.1 Å². The largest absolute Gasteiger partial charge is 0.490 e. The first-order chi connectivity index (χ1) is 13.4. The van der Waals surface area contributed by atoms with Crippen molar-refractivity contribution in [1.82, 2.24) is 9.55 Å². The summed E-state index contributed by atoms with van der Waals surface area (Å²) >= 11 is 16.4. The van der Waals surface area contributed by atoms with Gasteiger partial charge in [0, 0.05) is 6.20 Å². The van der Waals surface area contributed by atoms with Crippen molar-refractivity contribution in [2.45, 2.75) is 30.2 Å². The fourth-order valence-corrected chi connectivity index (χ4v) is 6.25. The number of alkyl halides is 1. The lowest BCUT2D eigenvalue weighted by Gasteiger charge is -2.27. The third-order valence-electron chi connectivity index (χ3n) is 3.64. The maximum Gasteiger partial charge on any atom is 0.490 e. The lowest BCUT2D eigenvalue weighted by molar-refractivity contribution is -0.0454. The number of phosphoric ester groups is 1. The minimum absolute atomic E-state index is 0.111. The zero-order valence-corrected chi connectivity index (χ0v) is 19.7. The van der Waals surface area contributed by atoms with Crippen LogP contribution in [0.15, 0.2) is 12.3 Å². The first-order valence-electron chi connectivity index (χ1n) is 7.56. The topological polar surface area (TPSA) is 210 Å². The van der Waals surface area contributed by atoms with Crippen LogP contribution in [0.4, 0.5) is 0 Å². The van der Waals surface area contributed by atoms with Gasteiger partial charge in [0.15, 0.2) is 11.0 Å². The highest BCUT2D eigenvalue weighted by molar-refractivity contribution is 7.72. The number of nitrogens with zero attached hydrogens (tertiary/aromatic N) is 1. The number of aliphatic hydroxyl groups is 1. The van der Waals surface area contributed by atoms with E-state index < -0.39 is 53.4 Å². The second-order valence-electron chi connectivity index (χ2n) is 6.03. The third-order valence-corrected chi connectivity index (χ3v) is 8.40. The minimum atomic E-state index is -5.67. The number of H-pyrrole nitrogens is 1. The predicted octanol–water partition coefficient (Wildman–Crippen LogP) is 1.87. The van der Waals surface area contributed by atoms with E-state index >= 15 is 0 Å². The number of rotatable bonds is 8. The maximum absolute atomic E-state index is 11.8. The van der Waals surface area contributed by atoms with Crippen LogP contribution in [0.3, 0.4) is 0 Å². The number of halogens is 1. The van der Waals surface area contributed by atoms with Crippen LogP contribution in [-0.4, -0.2) is 57.9 Å². The van der Waals surface area contributed by atoms with Crippen LogP contribution in [0.25, 0.3) is 0 Å². The van der Waals surface area contributed by atoms with E-state index in [1.54, 1.807) is 0 Å². The third kappa shape index (κ3) is 6.82. The molecule has 1 fully saturated rings. The van der Waals surface area contributed by atoms with Gasteiger partial charge in [-0.3, -0.25) is 9.09 Å². The molecule has 3 unspecified atom stereocenters. The molecule has 0 radical (unpaired) electrons. The molecule has 0 amide bonds. The Balaban J connectivity index is 2.13. The highest BCUT2D eigenvalue weighted by Gasteiger charge is 2.54. The molecular formula is C10H16ClN2O12P3S2. The maximum atomic E-state index is 11.8. The average molecular weight is 549 g/mol. The van der Waals surface area contributed by atoms with Crippen molar-refractivity contribution in [3.63, 3.8) is 0 Å². The summed E-state index contributed by atoms with van der Waals surface area (Å²) in [7, 11) is -16.6. The van der Waals surface area contributed by atoms with E-state index in [1.165, 1.54) is 23.8 Å². The number of phosphoric acid groups is 3. The van der Waals surface area contributed by atoms with Gasteiger partial charge in [0.25, 0.3) is 0 Å². The highest BCUT2D eigenvalue weighted by Crippen LogP contribution is 2.66. The van der Waals surface area contributed by atoms with Crippen LogP contribution in [-0.2, 0) is 31.6 Å². The molecule has 1 aromatic heterocycles. The SMILES string of the molecule is CC1(Cl)[C@@H](O)[C@@H](COP(=O)(O)OP(=O)(O)OP(=O)(O)O)O[C@H]1n1ccc(=S)[nH]c1=S. The molecule has 0 aromatic carbocycles. The molecular weight excluding hydrogens is 533 g/mol. The molecule has 20 heteroatoms. The first kappa shape index (κ1) is 26.4. The number of hydrogen-bond acceptors (Lipinski definition) is 10. The number of aliphatic hydroxyl groups excluding tert-OH is 1. The van der Waals surface area contributed by atoms with E-state index in [-0.39, 0.29) is 4.77 Å². The predicted molar refractivity (Wildman–Crippen MR) is 104 cm³/mol. The zero-order chi connectivity index (χ0) is 23.1. The molecule has 1 aromatic rings. The molecule has 30 heavy (non-hydrogen) atoms. The summed E-state index contributed by atoms with van der Waals surface area (Å²) in [4.78, 5) is 36.8. The number of hydrogen-bond donors (Lipinski definition) is 6. The second kappa shape index (κ2) is 9.18. The first-order valence-corrected chi connectivity index (χ1v) is 13.3. The average Bonchev–Trinajstić information content (AvgIpc) is 2.73. The van der Waals surface area contributed by atoms with Crippen LogP contribution in [0.5, 0.6) is 0 Å². The van der Waals surface area contributed by atoms with Crippen LogP contribution in [0.2, 0.25) is 0 Å². The molecule has 0 saturated carbocycles. The summed E-state index contributed by atoms with van der Waals surface area (Å²) in [5.74, 6) is 0. The molecule has 1 aliphatic heterocycles. The summed E-state index contributed by atoms with van der Waals surface area (Å²) in [6, 6.07) is 1.48. The van der Waals surface area contributed by atoms with Crippen LogP contribution in [0.1, 0.15) is 13.2 Å². The monoisotopic (exact) mass is 548 g/mol. The lowest BCUT2D eigenvalue weighted by Crippen LogP contribution is -2.40. The molecule has 172 valence electrons. The number of ether oxygens (including phenoxy) is 1. The van der Waals surface area contributed by atoms with Crippen LogP contribution >= 0.6 is 59.5 Å². The Morgan fingerprint density at radius 1 is 1.23 bits per heavy atom. The minimum Gasteiger partial charge on any atom is -0.388 e. The summed E-state index contributed by atoms with van der Waals surface area (Å²) in [5, 5.41) is 10.4. The normalized spacial score (nSPS) is 31.2. The second-order valence-corrected chi connectivity index (χ2v) is 12.1. The van der Waals surface area contributed by atoms with Crippen molar-refractivity contribution in [3.05, 3.63) is 21.7 Å². The Morgan fingerprint density at radius 3 is 2.37 bits per heavy atom. The fraction of sp³-hybridized carbons (Fsp3) is 0.600. The van der Waals surface area contributed by atoms with Gasteiger partial charge in [-0.1, -0.05) is 12.2 Å². The van der Waals surface area contributed by atoms with E-state index in [0.717, 1.165) is 0 Å². The summed E-state index contributed by atoms with van der Waals surface area (Å²) in [6.45, 7) is 0.526. The van der Waals surface area contributed by atoms with Crippen molar-refractivity contribution in [3.8, 4) is 0 Å². The Kier molecular flexibility index (Phi) is 8.07. The Morgan fingerprint density at radius 2 is 1.83 bits per heavy atom. The number of aromatic nitrogens is 2. The van der Waals surface area contributed by atoms with Gasteiger partial charge in [-0.15, -0.1) is 11.6 Å². The molecule has 1 aliphatic rings. The van der Waals surface area contributed by atoms with Crippen LogP contribution < -0.4 is 0 Å². The van der Waals surface area contributed by atoms with Gasteiger partial charge in [0.2, 0.25) is 0 Å². The number of aromatic amines is 1. The standard InChI is InChI=1S/C10H16ClN2O12P3S2/c1-10(11)7(14)5(23-8(10)13-3-2-6(29)12-9(13)30)4-22-27(18,19)25-28(20,21)24-26(15,16)17/h2-3,5,7-8,14H,4H2,1H3,(H,18,19)(H,20,21)(H,12,29,30)(H2,15,16,17)/t5-,7+,8-,10?/m1/s1. The van der Waals surface area contributed by atoms with E-state index in [9.17, 15) is 23.7 Å². The molecule has 14 nitrogen and oxygen atoms in total. The van der Waals surface area contributed by atoms with E-state index in [4.69, 9.17) is 55.5 Å². The molecule has 0 spiro atoms. The summed E-state index contributed by atoms with van der Waals surface area (Å²) in [5.41, 5.74) is 0. The zero-order valence-electron chi connectivity index (χ0n) is 14.7. The molecule has 6 atom stereocenters. The van der Waals surface area contributed by atoms with Gasteiger partial charge in [-0.05, 0) is 25.2 Å². The lowest BCUT2D eigenvalue weighted by atomic mass is 10.0. The Bertz CT molecular complexity index is 1060. The van der Waals surface area contributed by atoms with Gasteiger partial charge in [0.05, 0.1) is 6.61 Å². The van der Waals surface area contributed by atoms with Crippen LogP contribution in [0, 0.1) is 9.41 Å². The van der Waals surface area contributed by atoms with Crippen molar-refractivity contribution >= 4 is 59.5 Å². The molecule has 0 aliphatic carbocycles. The van der Waals surface area contributed by atoms with Gasteiger partial charge in [-0.2, -0.15) is 8.62 Å². The van der Waals surface area contributed by atoms with Crippen molar-refractivity contribution in [2.75, 3.05) is 6.61 Å². The molecule has 6 N–H and O–H groups in total.